The zero-order valence-electron chi connectivity index (χ0n) is 7.61. The van der Waals surface area contributed by atoms with Crippen LogP contribution in [-0.2, 0) is 14.3 Å². The Balaban J connectivity index is 2.17. The van der Waals surface area contributed by atoms with Gasteiger partial charge in [-0.2, -0.15) is 0 Å². The Hall–Kier alpha value is -0.650. The molecule has 74 valence electrons. The van der Waals surface area contributed by atoms with E-state index >= 15 is 0 Å². The number of hydrogen-bond donors (Lipinski definition) is 2. The zero-order valence-corrected chi connectivity index (χ0v) is 7.61. The lowest BCUT2D eigenvalue weighted by atomic mass is 10.1. The Morgan fingerprint density at radius 2 is 2.23 bits per heavy atom. The topological polar surface area (TPSA) is 67.8 Å². The molecule has 5 heteroatoms. The minimum Gasteiger partial charge on any atom is -0.394 e. The lowest BCUT2D eigenvalue weighted by Crippen LogP contribution is -2.38. The molecular weight excluding hydrogens is 174 g/mol. The second-order valence-corrected chi connectivity index (χ2v) is 3.82. The van der Waals surface area contributed by atoms with Gasteiger partial charge < -0.3 is 19.9 Å². The molecule has 2 rings (SSSR count). The smallest absolute Gasteiger partial charge is 0.252 e. The van der Waals surface area contributed by atoms with Crippen LogP contribution < -0.4 is 5.32 Å². The van der Waals surface area contributed by atoms with Crippen molar-refractivity contribution in [3.05, 3.63) is 0 Å². The molecule has 3 atom stereocenters. The quantitative estimate of drug-likeness (QED) is 0.552. The van der Waals surface area contributed by atoms with Crippen LogP contribution in [0.3, 0.4) is 0 Å². The van der Waals surface area contributed by atoms with E-state index in [9.17, 15) is 4.79 Å². The second kappa shape index (κ2) is 2.67. The summed E-state index contributed by atoms with van der Waals surface area (Å²) in [6.45, 7) is 3.40. The Morgan fingerprint density at radius 3 is 2.85 bits per heavy atom. The van der Waals surface area contributed by atoms with Gasteiger partial charge in [0.1, 0.15) is 6.10 Å². The van der Waals surface area contributed by atoms with Crippen molar-refractivity contribution in [2.75, 3.05) is 6.61 Å². The molecule has 0 aliphatic carbocycles. The molecule has 0 saturated carbocycles. The van der Waals surface area contributed by atoms with E-state index in [0.717, 1.165) is 0 Å². The summed E-state index contributed by atoms with van der Waals surface area (Å²) in [4.78, 5) is 11.3. The van der Waals surface area contributed by atoms with Gasteiger partial charge in [0.2, 0.25) is 0 Å². The molecule has 0 bridgehead atoms. The van der Waals surface area contributed by atoms with Crippen LogP contribution in [0.25, 0.3) is 0 Å². The molecule has 2 heterocycles. The first-order chi connectivity index (χ1) is 6.03. The van der Waals surface area contributed by atoms with Gasteiger partial charge in [0.05, 0.1) is 12.6 Å². The van der Waals surface area contributed by atoms with Gasteiger partial charge in [-0.15, -0.1) is 0 Å². The van der Waals surface area contributed by atoms with Crippen LogP contribution in [0.2, 0.25) is 0 Å². The summed E-state index contributed by atoms with van der Waals surface area (Å²) in [5.41, 5.74) is 0. The van der Waals surface area contributed by atoms with E-state index < -0.39 is 11.9 Å². The van der Waals surface area contributed by atoms with E-state index in [4.69, 9.17) is 14.6 Å². The largest absolute Gasteiger partial charge is 0.394 e. The molecule has 1 amide bonds. The number of ether oxygens (including phenoxy) is 2. The molecule has 2 aliphatic heterocycles. The molecular formula is C8H13NO4. The zero-order chi connectivity index (χ0) is 9.64. The van der Waals surface area contributed by atoms with Crippen molar-refractivity contribution in [3.63, 3.8) is 0 Å². The molecule has 13 heavy (non-hydrogen) atoms. The third-order valence-electron chi connectivity index (χ3n) is 2.31. The van der Waals surface area contributed by atoms with Gasteiger partial charge in [-0.05, 0) is 13.8 Å². The number of carbonyl (C=O) groups is 1. The molecule has 2 saturated heterocycles. The van der Waals surface area contributed by atoms with E-state index in [1.807, 2.05) is 0 Å². The number of aliphatic hydroxyl groups is 1. The molecule has 2 fully saturated rings. The van der Waals surface area contributed by atoms with E-state index in [1.54, 1.807) is 13.8 Å². The van der Waals surface area contributed by atoms with Gasteiger partial charge in [-0.1, -0.05) is 0 Å². The van der Waals surface area contributed by atoms with Crippen molar-refractivity contribution < 1.29 is 19.4 Å². The number of nitrogens with one attached hydrogen (secondary N) is 1. The number of aliphatic hydroxyl groups excluding tert-OH is 1. The van der Waals surface area contributed by atoms with Crippen LogP contribution in [0, 0.1) is 0 Å². The Morgan fingerprint density at radius 1 is 1.54 bits per heavy atom. The van der Waals surface area contributed by atoms with Crippen molar-refractivity contribution in [1.82, 2.24) is 5.32 Å². The van der Waals surface area contributed by atoms with Gasteiger partial charge in [0.25, 0.3) is 5.91 Å². The van der Waals surface area contributed by atoms with Crippen molar-refractivity contribution in [3.8, 4) is 0 Å². The molecule has 2 N–H and O–H groups in total. The first-order valence-corrected chi connectivity index (χ1v) is 4.30. The Labute approximate surface area is 76.0 Å². The van der Waals surface area contributed by atoms with Gasteiger partial charge in [0.15, 0.2) is 11.9 Å². The summed E-state index contributed by atoms with van der Waals surface area (Å²) in [6.07, 6.45) is -0.917. The fraction of sp³-hybridized carbons (Fsp3) is 0.875. The highest BCUT2D eigenvalue weighted by atomic mass is 16.8. The maximum Gasteiger partial charge on any atom is 0.252 e. The van der Waals surface area contributed by atoms with Gasteiger partial charge >= 0.3 is 0 Å². The third-order valence-corrected chi connectivity index (χ3v) is 2.31. The highest BCUT2D eigenvalue weighted by Crippen LogP contribution is 2.33. The number of fused-ring (bicyclic) bond motifs is 1. The van der Waals surface area contributed by atoms with Crippen LogP contribution in [0.4, 0.5) is 0 Å². The van der Waals surface area contributed by atoms with Crippen LogP contribution >= 0.6 is 0 Å². The van der Waals surface area contributed by atoms with Crippen LogP contribution in [0.15, 0.2) is 0 Å². The maximum absolute atomic E-state index is 11.3. The van der Waals surface area contributed by atoms with Gasteiger partial charge in [0, 0.05) is 0 Å². The molecule has 0 spiro atoms. The minimum absolute atomic E-state index is 0.119. The SMILES string of the molecule is CC1(C)O[C@H]2[C@H](CO)NC(=O)[C@H]2O1. The monoisotopic (exact) mass is 187 g/mol. The summed E-state index contributed by atoms with van der Waals surface area (Å²) < 4.78 is 10.9. The molecule has 0 radical (unpaired) electrons. The van der Waals surface area contributed by atoms with Crippen LogP contribution in [-0.4, -0.2) is 41.7 Å². The second-order valence-electron chi connectivity index (χ2n) is 3.82. The highest BCUT2D eigenvalue weighted by molar-refractivity contribution is 5.85. The van der Waals surface area contributed by atoms with E-state index in [1.165, 1.54) is 0 Å². The number of hydrogen-bond acceptors (Lipinski definition) is 4. The summed E-state index contributed by atoms with van der Waals surface area (Å²) in [6, 6.07) is -0.334. The predicted molar refractivity (Wildman–Crippen MR) is 42.8 cm³/mol. The molecule has 5 nitrogen and oxygen atoms in total. The number of carbonyl (C=O) groups excluding carboxylic acids is 1. The molecule has 2 aliphatic rings. The molecule has 0 unspecified atom stereocenters. The van der Waals surface area contributed by atoms with Crippen molar-refractivity contribution >= 4 is 5.91 Å². The van der Waals surface area contributed by atoms with E-state index in [-0.39, 0.29) is 24.7 Å². The molecule has 0 aromatic rings. The Kier molecular flexibility index (Phi) is 1.83. The predicted octanol–water partition coefficient (Wildman–Crippen LogP) is -1.00. The average Bonchev–Trinajstić information content (AvgIpc) is 2.47. The van der Waals surface area contributed by atoms with Crippen molar-refractivity contribution in [1.29, 1.82) is 0 Å². The highest BCUT2D eigenvalue weighted by Gasteiger charge is 2.53. The molecule has 0 aromatic heterocycles. The lowest BCUT2D eigenvalue weighted by Gasteiger charge is -2.20. The first-order valence-electron chi connectivity index (χ1n) is 4.30. The Bertz CT molecular complexity index is 240. The standard InChI is InChI=1S/C8H13NO4/c1-8(2)12-5-4(3-10)9-7(11)6(5)13-8/h4-6,10H,3H2,1-2H3,(H,9,11)/t4-,5-,6-/m0/s1. The summed E-state index contributed by atoms with van der Waals surface area (Å²) in [5.74, 6) is -0.921. The van der Waals surface area contributed by atoms with Crippen molar-refractivity contribution in [2.24, 2.45) is 0 Å². The van der Waals surface area contributed by atoms with Gasteiger partial charge in [-0.3, -0.25) is 4.79 Å². The fourth-order valence-electron chi connectivity index (χ4n) is 1.78. The average molecular weight is 187 g/mol. The minimum atomic E-state index is -0.722. The van der Waals surface area contributed by atoms with Crippen molar-refractivity contribution in [2.45, 2.75) is 37.9 Å². The lowest BCUT2D eigenvalue weighted by molar-refractivity contribution is -0.163. The number of amides is 1. The maximum atomic E-state index is 11.3. The summed E-state index contributed by atoms with van der Waals surface area (Å²) >= 11 is 0. The van der Waals surface area contributed by atoms with Gasteiger partial charge in [-0.25, -0.2) is 0 Å². The fourth-order valence-corrected chi connectivity index (χ4v) is 1.78. The van der Waals surface area contributed by atoms with E-state index in [0.29, 0.717) is 0 Å². The van der Waals surface area contributed by atoms with Crippen LogP contribution in [0.5, 0.6) is 0 Å². The third kappa shape index (κ3) is 1.33. The summed E-state index contributed by atoms with van der Waals surface area (Å²) in [5, 5.41) is 11.6. The normalized spacial score (nSPS) is 41.8. The summed E-state index contributed by atoms with van der Waals surface area (Å²) in [7, 11) is 0. The van der Waals surface area contributed by atoms with Crippen LogP contribution in [0.1, 0.15) is 13.8 Å². The van der Waals surface area contributed by atoms with E-state index in [2.05, 4.69) is 5.32 Å². The number of rotatable bonds is 1. The first kappa shape index (κ1) is 8.93. The molecule has 0 aromatic carbocycles.